The second-order valence-corrected chi connectivity index (χ2v) is 6.60. The maximum atomic E-state index is 11.9. The van der Waals surface area contributed by atoms with Crippen LogP contribution in [0.15, 0.2) is 24.3 Å². The number of nitrogens with two attached hydrogens (primary N) is 1. The lowest BCUT2D eigenvalue weighted by Gasteiger charge is -2.42. The van der Waals surface area contributed by atoms with Crippen molar-refractivity contribution in [2.24, 2.45) is 11.1 Å². The van der Waals surface area contributed by atoms with Crippen LogP contribution in [0.2, 0.25) is 0 Å². The largest absolute Gasteiger partial charge is 0.371 e. The number of primary amides is 1. The Morgan fingerprint density at radius 3 is 2.11 bits per heavy atom. The van der Waals surface area contributed by atoms with Gasteiger partial charge in [0, 0.05) is 5.69 Å². The normalized spacial score (nSPS) is 20.8. The van der Waals surface area contributed by atoms with Gasteiger partial charge in [0.25, 0.3) is 0 Å². The fourth-order valence-corrected chi connectivity index (χ4v) is 2.70. The first-order valence-electron chi connectivity index (χ1n) is 6.98. The summed E-state index contributed by atoms with van der Waals surface area (Å²) in [5, 5.41) is 3.38. The van der Waals surface area contributed by atoms with Gasteiger partial charge < -0.3 is 11.1 Å². The van der Waals surface area contributed by atoms with Crippen LogP contribution in [0.4, 0.5) is 5.69 Å². The van der Waals surface area contributed by atoms with Crippen LogP contribution in [0.3, 0.4) is 0 Å². The van der Waals surface area contributed by atoms with E-state index in [1.165, 1.54) is 5.56 Å². The molecule has 19 heavy (non-hydrogen) atoms. The standard InChI is InChI=1S/C16H24N2O/c1-12-4-6-13(7-5-12)18-16(14(17)19)10-8-15(2,3)9-11-16/h4-7,18H,8-11H2,1-3H3,(H2,17,19). The number of hydrogen-bond acceptors (Lipinski definition) is 2. The molecule has 0 radical (unpaired) electrons. The second-order valence-electron chi connectivity index (χ2n) is 6.60. The topological polar surface area (TPSA) is 55.1 Å². The van der Waals surface area contributed by atoms with E-state index in [0.29, 0.717) is 5.41 Å². The predicted octanol–water partition coefficient (Wildman–Crippen LogP) is 3.23. The fourth-order valence-electron chi connectivity index (χ4n) is 2.70. The van der Waals surface area contributed by atoms with E-state index in [1.54, 1.807) is 0 Å². The summed E-state index contributed by atoms with van der Waals surface area (Å²) in [5.74, 6) is -0.233. The Labute approximate surface area is 115 Å². The van der Waals surface area contributed by atoms with E-state index in [9.17, 15) is 4.79 Å². The average molecular weight is 260 g/mol. The first-order valence-corrected chi connectivity index (χ1v) is 6.98. The zero-order valence-corrected chi connectivity index (χ0v) is 12.1. The smallest absolute Gasteiger partial charge is 0.243 e. The van der Waals surface area contributed by atoms with Gasteiger partial charge in [0.15, 0.2) is 0 Å². The van der Waals surface area contributed by atoms with E-state index in [1.807, 2.05) is 24.3 Å². The summed E-state index contributed by atoms with van der Waals surface area (Å²) in [6, 6.07) is 8.12. The predicted molar refractivity (Wildman–Crippen MR) is 79.0 cm³/mol. The summed E-state index contributed by atoms with van der Waals surface area (Å²) in [5.41, 5.74) is 7.59. The third-order valence-electron chi connectivity index (χ3n) is 4.36. The number of amides is 1. The van der Waals surface area contributed by atoms with Crippen molar-refractivity contribution in [3.63, 3.8) is 0 Å². The molecule has 1 fully saturated rings. The Morgan fingerprint density at radius 2 is 1.63 bits per heavy atom. The highest BCUT2D eigenvalue weighted by Gasteiger charge is 2.42. The van der Waals surface area contributed by atoms with E-state index < -0.39 is 5.54 Å². The van der Waals surface area contributed by atoms with Crippen molar-refractivity contribution in [1.82, 2.24) is 0 Å². The average Bonchev–Trinajstić information content (AvgIpc) is 2.35. The summed E-state index contributed by atoms with van der Waals surface area (Å²) >= 11 is 0. The van der Waals surface area contributed by atoms with E-state index in [2.05, 4.69) is 26.1 Å². The Hall–Kier alpha value is -1.51. The van der Waals surface area contributed by atoms with E-state index in [-0.39, 0.29) is 5.91 Å². The third kappa shape index (κ3) is 3.09. The molecule has 3 heteroatoms. The Morgan fingerprint density at radius 1 is 1.11 bits per heavy atom. The van der Waals surface area contributed by atoms with Crippen molar-refractivity contribution in [2.45, 2.75) is 52.0 Å². The highest BCUT2D eigenvalue weighted by Crippen LogP contribution is 2.41. The van der Waals surface area contributed by atoms with Gasteiger partial charge in [0.2, 0.25) is 5.91 Å². The van der Waals surface area contributed by atoms with Crippen molar-refractivity contribution < 1.29 is 4.79 Å². The molecule has 1 aliphatic carbocycles. The highest BCUT2D eigenvalue weighted by atomic mass is 16.1. The van der Waals surface area contributed by atoms with Gasteiger partial charge in [-0.3, -0.25) is 4.79 Å². The van der Waals surface area contributed by atoms with Crippen LogP contribution in [0.1, 0.15) is 45.1 Å². The molecule has 0 atom stereocenters. The molecule has 1 aromatic rings. The summed E-state index contributed by atoms with van der Waals surface area (Å²) in [4.78, 5) is 11.9. The van der Waals surface area contributed by atoms with Gasteiger partial charge in [0.1, 0.15) is 5.54 Å². The fraction of sp³-hybridized carbons (Fsp3) is 0.562. The maximum Gasteiger partial charge on any atom is 0.243 e. The number of aryl methyl sites for hydroxylation is 1. The Balaban J connectivity index is 2.17. The first kappa shape index (κ1) is 13.9. The van der Waals surface area contributed by atoms with Gasteiger partial charge in [0.05, 0.1) is 0 Å². The van der Waals surface area contributed by atoms with Gasteiger partial charge in [-0.25, -0.2) is 0 Å². The molecule has 0 aliphatic heterocycles. The molecule has 0 spiro atoms. The van der Waals surface area contributed by atoms with E-state index in [0.717, 1.165) is 31.4 Å². The SMILES string of the molecule is Cc1ccc(NC2(C(N)=O)CCC(C)(C)CC2)cc1. The third-order valence-corrected chi connectivity index (χ3v) is 4.36. The number of hydrogen-bond donors (Lipinski definition) is 2. The summed E-state index contributed by atoms with van der Waals surface area (Å²) in [7, 11) is 0. The number of rotatable bonds is 3. The summed E-state index contributed by atoms with van der Waals surface area (Å²) in [6.45, 7) is 6.56. The van der Waals surface area contributed by atoms with Gasteiger partial charge in [-0.15, -0.1) is 0 Å². The van der Waals surface area contributed by atoms with Crippen molar-refractivity contribution in [2.75, 3.05) is 5.32 Å². The minimum Gasteiger partial charge on any atom is -0.371 e. The lowest BCUT2D eigenvalue weighted by molar-refractivity contribution is -0.124. The minimum atomic E-state index is -0.579. The van der Waals surface area contributed by atoms with Gasteiger partial charge in [-0.05, 0) is 50.2 Å². The Bertz CT molecular complexity index is 452. The molecule has 1 saturated carbocycles. The number of carbonyl (C=O) groups excluding carboxylic acids is 1. The van der Waals surface area contributed by atoms with Crippen LogP contribution in [0.5, 0.6) is 0 Å². The molecule has 0 bridgehead atoms. The summed E-state index contributed by atoms with van der Waals surface area (Å²) < 4.78 is 0. The molecule has 1 aliphatic rings. The molecule has 0 heterocycles. The number of benzene rings is 1. The monoisotopic (exact) mass is 260 g/mol. The molecular weight excluding hydrogens is 236 g/mol. The molecule has 0 saturated heterocycles. The molecular formula is C16H24N2O. The van der Waals surface area contributed by atoms with Gasteiger partial charge in [-0.2, -0.15) is 0 Å². The van der Waals surface area contributed by atoms with Crippen LogP contribution in [-0.2, 0) is 4.79 Å². The lowest BCUT2D eigenvalue weighted by Crippen LogP contribution is -2.53. The van der Waals surface area contributed by atoms with Crippen LogP contribution in [-0.4, -0.2) is 11.4 Å². The first-order chi connectivity index (χ1) is 8.83. The van der Waals surface area contributed by atoms with E-state index in [4.69, 9.17) is 5.73 Å². The van der Waals surface area contributed by atoms with Crippen LogP contribution in [0, 0.1) is 12.3 Å². The molecule has 1 amide bonds. The molecule has 104 valence electrons. The molecule has 3 N–H and O–H groups in total. The van der Waals surface area contributed by atoms with E-state index >= 15 is 0 Å². The molecule has 3 nitrogen and oxygen atoms in total. The van der Waals surface area contributed by atoms with Crippen molar-refractivity contribution in [1.29, 1.82) is 0 Å². The highest BCUT2D eigenvalue weighted by molar-refractivity contribution is 5.88. The molecule has 1 aromatic carbocycles. The zero-order chi connectivity index (χ0) is 14.1. The molecule has 2 rings (SSSR count). The molecule has 0 aromatic heterocycles. The quantitative estimate of drug-likeness (QED) is 0.876. The van der Waals surface area contributed by atoms with Gasteiger partial charge in [-0.1, -0.05) is 31.5 Å². The zero-order valence-electron chi connectivity index (χ0n) is 12.1. The van der Waals surface area contributed by atoms with Gasteiger partial charge >= 0.3 is 0 Å². The van der Waals surface area contributed by atoms with Crippen molar-refractivity contribution in [3.05, 3.63) is 29.8 Å². The molecule has 0 unspecified atom stereocenters. The minimum absolute atomic E-state index is 0.233. The number of nitrogens with one attached hydrogen (secondary N) is 1. The maximum absolute atomic E-state index is 11.9. The van der Waals surface area contributed by atoms with Crippen LogP contribution >= 0.6 is 0 Å². The van der Waals surface area contributed by atoms with Crippen molar-refractivity contribution in [3.8, 4) is 0 Å². The van der Waals surface area contributed by atoms with Crippen LogP contribution < -0.4 is 11.1 Å². The van der Waals surface area contributed by atoms with Crippen LogP contribution in [0.25, 0.3) is 0 Å². The number of anilines is 1. The Kier molecular flexibility index (Phi) is 3.57. The second kappa shape index (κ2) is 4.87. The lowest BCUT2D eigenvalue weighted by atomic mass is 9.69. The number of carbonyl (C=O) groups is 1. The summed E-state index contributed by atoms with van der Waals surface area (Å²) in [6.07, 6.45) is 3.66. The van der Waals surface area contributed by atoms with Crippen molar-refractivity contribution >= 4 is 11.6 Å².